The highest BCUT2D eigenvalue weighted by atomic mass is 19.1. The van der Waals surface area contributed by atoms with Crippen LogP contribution >= 0.6 is 0 Å². The minimum atomic E-state index is -0.826. The molecule has 6 heteroatoms. The summed E-state index contributed by atoms with van der Waals surface area (Å²) in [5, 5.41) is 5.46. The highest BCUT2D eigenvalue weighted by Gasteiger charge is 2.14. The molecule has 110 valence electrons. The van der Waals surface area contributed by atoms with Crippen molar-refractivity contribution in [1.29, 1.82) is 0 Å². The molecule has 2 aromatic rings. The number of benzene rings is 1. The number of carbonyl (C=O) groups excluding carboxylic acids is 1. The third kappa shape index (κ3) is 3.53. The second-order valence-corrected chi connectivity index (χ2v) is 4.48. The van der Waals surface area contributed by atoms with E-state index in [-0.39, 0.29) is 5.69 Å². The normalized spacial score (nSPS) is 10.3. The van der Waals surface area contributed by atoms with Gasteiger partial charge in [0.1, 0.15) is 11.6 Å². The van der Waals surface area contributed by atoms with Crippen molar-refractivity contribution in [3.05, 3.63) is 53.4 Å². The van der Waals surface area contributed by atoms with Gasteiger partial charge in [-0.15, -0.1) is 0 Å². The summed E-state index contributed by atoms with van der Waals surface area (Å²) >= 11 is 0. The van der Waals surface area contributed by atoms with Gasteiger partial charge < -0.3 is 10.6 Å². The van der Waals surface area contributed by atoms with Crippen LogP contribution in [-0.4, -0.2) is 17.4 Å². The van der Waals surface area contributed by atoms with Crippen LogP contribution in [-0.2, 0) is 0 Å². The Morgan fingerprint density at radius 1 is 1.24 bits per heavy atom. The Hall–Kier alpha value is -2.50. The van der Waals surface area contributed by atoms with Crippen LogP contribution in [0.3, 0.4) is 0 Å². The van der Waals surface area contributed by atoms with Crippen molar-refractivity contribution in [1.82, 2.24) is 4.98 Å². The number of nitrogens with zero attached hydrogens (tertiary/aromatic N) is 1. The summed E-state index contributed by atoms with van der Waals surface area (Å²) in [5.41, 5.74) is 1.59. The van der Waals surface area contributed by atoms with Crippen LogP contribution in [0.1, 0.15) is 23.0 Å². The Morgan fingerprint density at radius 3 is 2.67 bits per heavy atom. The zero-order chi connectivity index (χ0) is 15.4. The number of carbonyl (C=O) groups is 1. The standard InChI is InChI=1S/C15H15F2N3O/c1-3-18-14-6-9(2)19-8-11(14)15(21)20-13-5-4-10(16)7-12(13)17/h4-8H,3H2,1-2H3,(H,18,19)(H,20,21). The van der Waals surface area contributed by atoms with E-state index in [1.807, 2.05) is 13.8 Å². The van der Waals surface area contributed by atoms with Gasteiger partial charge in [-0.25, -0.2) is 8.78 Å². The first-order valence-electron chi connectivity index (χ1n) is 6.48. The molecule has 2 N–H and O–H groups in total. The van der Waals surface area contributed by atoms with Crippen LogP contribution in [0.2, 0.25) is 0 Å². The maximum absolute atomic E-state index is 13.6. The largest absolute Gasteiger partial charge is 0.385 e. The predicted molar refractivity (Wildman–Crippen MR) is 77.4 cm³/mol. The Labute approximate surface area is 121 Å². The maximum atomic E-state index is 13.6. The summed E-state index contributed by atoms with van der Waals surface area (Å²) in [6.07, 6.45) is 1.42. The Kier molecular flexibility index (Phi) is 4.47. The number of hydrogen-bond donors (Lipinski definition) is 2. The average Bonchev–Trinajstić information content (AvgIpc) is 2.42. The predicted octanol–water partition coefficient (Wildman–Crippen LogP) is 3.35. The van der Waals surface area contributed by atoms with Crippen molar-refractivity contribution in [3.8, 4) is 0 Å². The molecule has 1 aromatic heterocycles. The van der Waals surface area contributed by atoms with Crippen molar-refractivity contribution in [2.75, 3.05) is 17.2 Å². The van der Waals surface area contributed by atoms with Crippen molar-refractivity contribution >= 4 is 17.3 Å². The number of anilines is 2. The van der Waals surface area contributed by atoms with E-state index < -0.39 is 17.5 Å². The van der Waals surface area contributed by atoms with E-state index in [1.54, 1.807) is 6.07 Å². The fourth-order valence-electron chi connectivity index (χ4n) is 1.86. The van der Waals surface area contributed by atoms with Gasteiger partial charge in [0.15, 0.2) is 0 Å². The Bertz CT molecular complexity index is 674. The molecule has 1 aromatic carbocycles. The first kappa shape index (κ1) is 14.9. The lowest BCUT2D eigenvalue weighted by atomic mass is 10.2. The van der Waals surface area contributed by atoms with Crippen molar-refractivity contribution in [3.63, 3.8) is 0 Å². The van der Waals surface area contributed by atoms with Crippen molar-refractivity contribution in [2.24, 2.45) is 0 Å². The molecule has 0 radical (unpaired) electrons. The summed E-state index contributed by atoms with van der Waals surface area (Å²) in [4.78, 5) is 16.3. The van der Waals surface area contributed by atoms with Crippen molar-refractivity contribution in [2.45, 2.75) is 13.8 Å². The van der Waals surface area contributed by atoms with E-state index in [9.17, 15) is 13.6 Å². The van der Waals surface area contributed by atoms with Gasteiger partial charge in [-0.05, 0) is 32.0 Å². The number of halogens is 2. The molecule has 2 rings (SSSR count). The van der Waals surface area contributed by atoms with Crippen LogP contribution in [0.4, 0.5) is 20.2 Å². The fraction of sp³-hybridized carbons (Fsp3) is 0.200. The fourth-order valence-corrected chi connectivity index (χ4v) is 1.86. The monoisotopic (exact) mass is 291 g/mol. The van der Waals surface area contributed by atoms with Crippen LogP contribution < -0.4 is 10.6 Å². The molecule has 0 spiro atoms. The smallest absolute Gasteiger partial charge is 0.259 e. The molecule has 1 amide bonds. The van der Waals surface area contributed by atoms with Gasteiger partial charge >= 0.3 is 0 Å². The highest BCUT2D eigenvalue weighted by Crippen LogP contribution is 2.20. The van der Waals surface area contributed by atoms with E-state index >= 15 is 0 Å². The summed E-state index contributed by atoms with van der Waals surface area (Å²) in [5.74, 6) is -2.03. The van der Waals surface area contributed by atoms with Gasteiger partial charge in [-0.3, -0.25) is 9.78 Å². The van der Waals surface area contributed by atoms with Gasteiger partial charge in [0.25, 0.3) is 5.91 Å². The molecule has 0 bridgehead atoms. The molecular formula is C15H15F2N3O. The minimum absolute atomic E-state index is 0.0792. The SMILES string of the molecule is CCNc1cc(C)ncc1C(=O)Nc1ccc(F)cc1F. The molecular weight excluding hydrogens is 276 g/mol. The summed E-state index contributed by atoms with van der Waals surface area (Å²) in [6, 6.07) is 4.71. The van der Waals surface area contributed by atoms with Gasteiger partial charge in [-0.2, -0.15) is 0 Å². The molecule has 0 fully saturated rings. The van der Waals surface area contributed by atoms with Gasteiger partial charge in [0.2, 0.25) is 0 Å². The van der Waals surface area contributed by atoms with Crippen LogP contribution in [0, 0.1) is 18.6 Å². The van der Waals surface area contributed by atoms with Crippen LogP contribution in [0.5, 0.6) is 0 Å². The molecule has 0 saturated heterocycles. The van der Waals surface area contributed by atoms with E-state index in [2.05, 4.69) is 15.6 Å². The molecule has 0 aliphatic heterocycles. The van der Waals surface area contributed by atoms with E-state index in [1.165, 1.54) is 12.3 Å². The van der Waals surface area contributed by atoms with Gasteiger partial charge in [0.05, 0.1) is 16.9 Å². The number of aryl methyl sites for hydroxylation is 1. The quantitative estimate of drug-likeness (QED) is 0.908. The van der Waals surface area contributed by atoms with E-state index in [0.29, 0.717) is 23.9 Å². The molecule has 0 saturated carbocycles. The van der Waals surface area contributed by atoms with E-state index in [4.69, 9.17) is 0 Å². The van der Waals surface area contributed by atoms with Crippen molar-refractivity contribution < 1.29 is 13.6 Å². The Balaban J connectivity index is 2.28. The Morgan fingerprint density at radius 2 is 2.00 bits per heavy atom. The molecule has 4 nitrogen and oxygen atoms in total. The molecule has 0 unspecified atom stereocenters. The maximum Gasteiger partial charge on any atom is 0.259 e. The zero-order valence-corrected chi connectivity index (χ0v) is 11.7. The first-order valence-corrected chi connectivity index (χ1v) is 6.48. The topological polar surface area (TPSA) is 54.0 Å². The lowest BCUT2D eigenvalue weighted by Gasteiger charge is -2.12. The summed E-state index contributed by atoms with van der Waals surface area (Å²) in [7, 11) is 0. The molecule has 0 aliphatic rings. The summed E-state index contributed by atoms with van der Waals surface area (Å²) in [6.45, 7) is 4.34. The lowest BCUT2D eigenvalue weighted by molar-refractivity contribution is 0.102. The third-order valence-electron chi connectivity index (χ3n) is 2.83. The van der Waals surface area contributed by atoms with Gasteiger partial charge in [-0.1, -0.05) is 0 Å². The number of pyridine rings is 1. The third-order valence-corrected chi connectivity index (χ3v) is 2.83. The highest BCUT2D eigenvalue weighted by molar-refractivity contribution is 6.07. The summed E-state index contributed by atoms with van der Waals surface area (Å²) < 4.78 is 26.4. The number of rotatable bonds is 4. The molecule has 1 heterocycles. The van der Waals surface area contributed by atoms with E-state index in [0.717, 1.165) is 11.8 Å². The molecule has 0 atom stereocenters. The molecule has 21 heavy (non-hydrogen) atoms. The van der Waals surface area contributed by atoms with Crippen LogP contribution in [0.15, 0.2) is 30.5 Å². The number of hydrogen-bond acceptors (Lipinski definition) is 3. The zero-order valence-electron chi connectivity index (χ0n) is 11.7. The second kappa shape index (κ2) is 6.30. The minimum Gasteiger partial charge on any atom is -0.385 e. The number of nitrogens with one attached hydrogen (secondary N) is 2. The lowest BCUT2D eigenvalue weighted by Crippen LogP contribution is -2.16. The molecule has 0 aliphatic carbocycles. The van der Waals surface area contributed by atoms with Crippen LogP contribution in [0.25, 0.3) is 0 Å². The number of aromatic nitrogens is 1. The second-order valence-electron chi connectivity index (χ2n) is 4.48. The first-order chi connectivity index (χ1) is 10.0. The van der Waals surface area contributed by atoms with Gasteiger partial charge in [0, 0.05) is 24.5 Å². The number of amides is 1. The average molecular weight is 291 g/mol.